The summed E-state index contributed by atoms with van der Waals surface area (Å²) >= 11 is 0. The van der Waals surface area contributed by atoms with E-state index in [1.165, 1.54) is 4.31 Å². The maximum atomic E-state index is 12.7. The van der Waals surface area contributed by atoms with E-state index in [0.717, 1.165) is 29.2 Å². The topological polar surface area (TPSA) is 69.3 Å². The van der Waals surface area contributed by atoms with Crippen LogP contribution in [0.3, 0.4) is 0 Å². The van der Waals surface area contributed by atoms with Crippen molar-refractivity contribution in [3.63, 3.8) is 0 Å². The first-order valence-corrected chi connectivity index (χ1v) is 9.42. The molecule has 2 aliphatic rings. The van der Waals surface area contributed by atoms with Crippen molar-refractivity contribution in [2.75, 3.05) is 11.4 Å². The minimum atomic E-state index is -3.36. The number of anilines is 1. The van der Waals surface area contributed by atoms with Crippen LogP contribution in [0.4, 0.5) is 5.82 Å². The van der Waals surface area contributed by atoms with Crippen LogP contribution in [0.1, 0.15) is 16.8 Å². The maximum Gasteiger partial charge on any atom is 0.218 e. The summed E-state index contributed by atoms with van der Waals surface area (Å²) in [6.07, 6.45) is 7.93. The first-order valence-electron chi connectivity index (χ1n) is 7.81. The van der Waals surface area contributed by atoms with Crippen molar-refractivity contribution >= 4 is 15.8 Å². The molecule has 0 amide bonds. The molecule has 124 valence electrons. The first-order chi connectivity index (χ1) is 11.6. The molecule has 0 atom stereocenters. The molecule has 0 saturated heterocycles. The molecule has 1 N–H and O–H groups in total. The minimum absolute atomic E-state index is 0.0211. The van der Waals surface area contributed by atoms with Gasteiger partial charge in [0, 0.05) is 24.9 Å². The number of sulfonamides is 1. The van der Waals surface area contributed by atoms with Crippen LogP contribution in [0.5, 0.6) is 0 Å². The summed E-state index contributed by atoms with van der Waals surface area (Å²) in [5.74, 6) is 0.829. The van der Waals surface area contributed by atoms with E-state index in [4.69, 9.17) is 0 Å². The van der Waals surface area contributed by atoms with Gasteiger partial charge in [0.05, 0.1) is 18.0 Å². The van der Waals surface area contributed by atoms with Gasteiger partial charge in [0.25, 0.3) is 0 Å². The summed E-state index contributed by atoms with van der Waals surface area (Å²) in [4.78, 5) is 2.02. The van der Waals surface area contributed by atoms with Crippen molar-refractivity contribution in [3.05, 3.63) is 71.6 Å². The van der Waals surface area contributed by atoms with Crippen LogP contribution in [0.2, 0.25) is 0 Å². The highest BCUT2D eigenvalue weighted by atomic mass is 32.2. The molecule has 0 unspecified atom stereocenters. The first kappa shape index (κ1) is 15.2. The normalized spacial score (nSPS) is 17.4. The molecule has 3 heterocycles. The van der Waals surface area contributed by atoms with Crippen LogP contribution in [0, 0.1) is 0 Å². The lowest BCUT2D eigenvalue weighted by molar-refractivity contribution is 0.426. The lowest BCUT2D eigenvalue weighted by Gasteiger charge is -2.20. The van der Waals surface area contributed by atoms with E-state index in [1.807, 2.05) is 59.7 Å². The maximum absolute atomic E-state index is 12.7. The van der Waals surface area contributed by atoms with Crippen molar-refractivity contribution < 1.29 is 8.42 Å². The molecule has 0 radical (unpaired) electrons. The van der Waals surface area contributed by atoms with Crippen LogP contribution in [0.25, 0.3) is 0 Å². The number of aromatic nitrogens is 2. The van der Waals surface area contributed by atoms with Crippen LogP contribution in [-0.2, 0) is 28.9 Å². The molecular formula is C17H18N4O2S. The second-order valence-electron chi connectivity index (χ2n) is 5.94. The van der Waals surface area contributed by atoms with Gasteiger partial charge in [-0.3, -0.25) is 5.10 Å². The predicted molar refractivity (Wildman–Crippen MR) is 92.5 cm³/mol. The number of aromatic amines is 1. The van der Waals surface area contributed by atoms with Crippen molar-refractivity contribution in [2.45, 2.75) is 18.8 Å². The predicted octanol–water partition coefficient (Wildman–Crippen LogP) is 2.15. The molecule has 2 aromatic rings. The number of rotatable bonds is 4. The van der Waals surface area contributed by atoms with Gasteiger partial charge in [-0.05, 0) is 11.6 Å². The number of allylic oxidation sites excluding steroid dienone is 2. The SMILES string of the molecule is O=S(=O)(Cc1ccccc1)N1Cc2[nH]nc(N3C=CC=CC3)c2C1. The Kier molecular flexibility index (Phi) is 3.74. The Bertz CT molecular complexity index is 900. The van der Waals surface area contributed by atoms with Gasteiger partial charge in [-0.2, -0.15) is 9.40 Å². The van der Waals surface area contributed by atoms with Crippen molar-refractivity contribution in [3.8, 4) is 0 Å². The number of H-pyrrole nitrogens is 1. The molecule has 4 rings (SSSR count). The molecule has 0 aliphatic carbocycles. The molecule has 6 nitrogen and oxygen atoms in total. The monoisotopic (exact) mass is 342 g/mol. The summed E-state index contributed by atoms with van der Waals surface area (Å²) in [6, 6.07) is 9.27. The van der Waals surface area contributed by atoms with Crippen molar-refractivity contribution in [2.24, 2.45) is 0 Å². The van der Waals surface area contributed by atoms with Gasteiger partial charge in [0.2, 0.25) is 10.0 Å². The minimum Gasteiger partial charge on any atom is -0.327 e. The largest absolute Gasteiger partial charge is 0.327 e. The third kappa shape index (κ3) is 2.76. The Morgan fingerprint density at radius 1 is 1.12 bits per heavy atom. The Labute approximate surface area is 141 Å². The van der Waals surface area contributed by atoms with Gasteiger partial charge >= 0.3 is 0 Å². The van der Waals surface area contributed by atoms with Gasteiger partial charge in [0.1, 0.15) is 0 Å². The Morgan fingerprint density at radius 3 is 2.71 bits per heavy atom. The quantitative estimate of drug-likeness (QED) is 0.924. The number of hydrogen-bond acceptors (Lipinski definition) is 4. The molecule has 0 bridgehead atoms. The molecule has 0 fully saturated rings. The number of nitrogens with one attached hydrogen (secondary N) is 1. The molecule has 24 heavy (non-hydrogen) atoms. The summed E-state index contributed by atoms with van der Waals surface area (Å²) in [5.41, 5.74) is 2.65. The van der Waals surface area contributed by atoms with E-state index in [-0.39, 0.29) is 5.75 Å². The van der Waals surface area contributed by atoms with Crippen LogP contribution in [-0.4, -0.2) is 29.5 Å². The van der Waals surface area contributed by atoms with Gasteiger partial charge in [-0.15, -0.1) is 0 Å². The second kappa shape index (κ2) is 5.92. The van der Waals surface area contributed by atoms with E-state index in [2.05, 4.69) is 10.2 Å². The van der Waals surface area contributed by atoms with E-state index >= 15 is 0 Å². The highest BCUT2D eigenvalue weighted by molar-refractivity contribution is 7.88. The summed E-state index contributed by atoms with van der Waals surface area (Å²) in [6.45, 7) is 1.46. The molecule has 0 saturated carbocycles. The molecule has 1 aromatic heterocycles. The fourth-order valence-corrected chi connectivity index (χ4v) is 4.48. The van der Waals surface area contributed by atoms with Crippen molar-refractivity contribution in [1.29, 1.82) is 0 Å². The average molecular weight is 342 g/mol. The summed E-state index contributed by atoms with van der Waals surface area (Å²) in [7, 11) is -3.36. The van der Waals surface area contributed by atoms with Crippen LogP contribution < -0.4 is 4.90 Å². The fourth-order valence-electron chi connectivity index (χ4n) is 3.03. The zero-order valence-corrected chi connectivity index (χ0v) is 13.9. The van der Waals surface area contributed by atoms with E-state index < -0.39 is 10.0 Å². The van der Waals surface area contributed by atoms with Crippen molar-refractivity contribution in [1.82, 2.24) is 14.5 Å². The number of hydrogen-bond donors (Lipinski definition) is 1. The van der Waals surface area contributed by atoms with Gasteiger partial charge in [-0.1, -0.05) is 42.5 Å². The summed E-state index contributed by atoms with van der Waals surface area (Å²) in [5, 5.41) is 7.35. The molecule has 7 heteroatoms. The van der Waals surface area contributed by atoms with E-state index in [0.29, 0.717) is 13.1 Å². The Morgan fingerprint density at radius 2 is 1.96 bits per heavy atom. The smallest absolute Gasteiger partial charge is 0.218 e. The lowest BCUT2D eigenvalue weighted by atomic mass is 10.2. The van der Waals surface area contributed by atoms with E-state index in [9.17, 15) is 8.42 Å². The molecule has 1 aromatic carbocycles. The van der Waals surface area contributed by atoms with Crippen LogP contribution in [0.15, 0.2) is 54.8 Å². The summed E-state index contributed by atoms with van der Waals surface area (Å²) < 4.78 is 26.9. The highest BCUT2D eigenvalue weighted by Crippen LogP contribution is 2.32. The van der Waals surface area contributed by atoms with Gasteiger partial charge in [-0.25, -0.2) is 8.42 Å². The van der Waals surface area contributed by atoms with E-state index in [1.54, 1.807) is 0 Å². The molecule has 2 aliphatic heterocycles. The standard InChI is InChI=1S/C17H18N4O2S/c22-24(23,13-14-7-3-1-4-8-14)21-11-15-16(12-21)18-19-17(15)20-9-5-2-6-10-20/h1-9H,10-13H2,(H,18,19). The lowest BCUT2D eigenvalue weighted by Crippen LogP contribution is -2.28. The average Bonchev–Trinajstić information content (AvgIpc) is 3.17. The van der Waals surface area contributed by atoms with Gasteiger partial charge in [0.15, 0.2) is 5.82 Å². The Hall–Kier alpha value is -2.38. The zero-order valence-electron chi connectivity index (χ0n) is 13.1. The third-order valence-electron chi connectivity index (χ3n) is 4.27. The number of nitrogens with zero attached hydrogens (tertiary/aromatic N) is 3. The number of benzene rings is 1. The van der Waals surface area contributed by atoms with Crippen LogP contribution >= 0.6 is 0 Å². The highest BCUT2D eigenvalue weighted by Gasteiger charge is 2.33. The third-order valence-corrected chi connectivity index (χ3v) is 6.02. The fraction of sp³-hybridized carbons (Fsp3) is 0.235. The molecule has 0 spiro atoms. The molecular weight excluding hydrogens is 324 g/mol. The Balaban J connectivity index is 1.54. The zero-order chi connectivity index (χ0) is 16.6. The second-order valence-corrected chi connectivity index (χ2v) is 7.91. The van der Waals surface area contributed by atoms with Gasteiger partial charge < -0.3 is 4.90 Å². The number of fused-ring (bicyclic) bond motifs is 1.